The van der Waals surface area contributed by atoms with Gasteiger partial charge in [-0.05, 0) is 32.9 Å². The Kier molecular flexibility index (Phi) is 3.16. The topological polar surface area (TPSA) is 50.2 Å². The monoisotopic (exact) mass is 211 g/mol. The summed E-state index contributed by atoms with van der Waals surface area (Å²) in [5.41, 5.74) is 0.899. The molecular weight excluding hydrogens is 198 g/mol. The van der Waals surface area contributed by atoms with Crippen LogP contribution in [-0.4, -0.2) is 20.8 Å². The van der Waals surface area contributed by atoms with Crippen LogP contribution < -0.4 is 0 Å². The fraction of sp³-hybridized carbons (Fsp3) is 0.400. The van der Waals surface area contributed by atoms with Crippen molar-refractivity contribution >= 4 is 17.7 Å². The van der Waals surface area contributed by atoms with E-state index >= 15 is 0 Å². The zero-order valence-corrected chi connectivity index (χ0v) is 9.26. The second kappa shape index (κ2) is 4.00. The third kappa shape index (κ3) is 2.73. The summed E-state index contributed by atoms with van der Waals surface area (Å²) < 4.78 is -0.833. The molecule has 4 heteroatoms. The number of hydrogen-bond acceptors (Lipinski definition) is 3. The SMILES string of the molecule is Cc1cccc(SC(C)(C)C(=O)O)n1. The van der Waals surface area contributed by atoms with Crippen molar-refractivity contribution in [3.63, 3.8) is 0 Å². The van der Waals surface area contributed by atoms with Crippen molar-refractivity contribution in [3.8, 4) is 0 Å². The van der Waals surface area contributed by atoms with Crippen molar-refractivity contribution in [2.75, 3.05) is 0 Å². The Balaban J connectivity index is 2.83. The zero-order chi connectivity index (χ0) is 10.8. The van der Waals surface area contributed by atoms with E-state index in [1.165, 1.54) is 11.8 Å². The number of carboxylic acids is 1. The fourth-order valence-corrected chi connectivity index (χ4v) is 1.83. The molecule has 0 bridgehead atoms. The first-order valence-electron chi connectivity index (χ1n) is 4.28. The van der Waals surface area contributed by atoms with Gasteiger partial charge in [-0.2, -0.15) is 0 Å². The number of nitrogens with zero attached hydrogens (tertiary/aromatic N) is 1. The van der Waals surface area contributed by atoms with Crippen molar-refractivity contribution in [1.82, 2.24) is 4.98 Å². The van der Waals surface area contributed by atoms with Gasteiger partial charge in [0.05, 0.1) is 5.03 Å². The summed E-state index contributed by atoms with van der Waals surface area (Å²) in [6.07, 6.45) is 0. The van der Waals surface area contributed by atoms with Crippen molar-refractivity contribution < 1.29 is 9.90 Å². The van der Waals surface area contributed by atoms with Gasteiger partial charge in [0.15, 0.2) is 0 Å². The van der Waals surface area contributed by atoms with E-state index in [-0.39, 0.29) is 0 Å². The van der Waals surface area contributed by atoms with Gasteiger partial charge >= 0.3 is 5.97 Å². The van der Waals surface area contributed by atoms with E-state index in [0.29, 0.717) is 0 Å². The Bertz CT molecular complexity index is 350. The molecule has 1 aromatic heterocycles. The molecule has 0 atom stereocenters. The summed E-state index contributed by atoms with van der Waals surface area (Å²) in [7, 11) is 0. The second-order valence-electron chi connectivity index (χ2n) is 3.53. The molecule has 0 aliphatic heterocycles. The minimum atomic E-state index is -0.833. The standard InChI is InChI=1S/C10H13NO2S/c1-7-5-4-6-8(11-7)14-10(2,3)9(12)13/h4-6H,1-3H3,(H,12,13). The quantitative estimate of drug-likeness (QED) is 0.780. The van der Waals surface area contributed by atoms with Crippen molar-refractivity contribution in [3.05, 3.63) is 23.9 Å². The Morgan fingerprint density at radius 2 is 2.14 bits per heavy atom. The van der Waals surface area contributed by atoms with Gasteiger partial charge in [-0.3, -0.25) is 4.79 Å². The molecule has 0 saturated carbocycles. The molecule has 0 fully saturated rings. The number of aromatic nitrogens is 1. The van der Waals surface area contributed by atoms with Crippen LogP contribution in [0.15, 0.2) is 23.2 Å². The molecule has 3 nitrogen and oxygen atoms in total. The molecule has 0 amide bonds. The largest absolute Gasteiger partial charge is 0.480 e. The van der Waals surface area contributed by atoms with Crippen LogP contribution in [0.2, 0.25) is 0 Å². The molecule has 1 rings (SSSR count). The summed E-state index contributed by atoms with van der Waals surface area (Å²) in [5.74, 6) is -0.828. The Morgan fingerprint density at radius 3 is 2.64 bits per heavy atom. The number of hydrogen-bond donors (Lipinski definition) is 1. The van der Waals surface area contributed by atoms with E-state index in [9.17, 15) is 4.79 Å². The molecule has 0 radical (unpaired) electrons. The molecule has 1 N–H and O–H groups in total. The van der Waals surface area contributed by atoms with E-state index in [4.69, 9.17) is 5.11 Å². The number of rotatable bonds is 3. The van der Waals surface area contributed by atoms with Crippen molar-refractivity contribution in [2.24, 2.45) is 0 Å². The maximum Gasteiger partial charge on any atom is 0.319 e. The predicted octanol–water partition coefficient (Wildman–Crippen LogP) is 2.35. The fourth-order valence-electron chi connectivity index (χ4n) is 0.880. The second-order valence-corrected chi connectivity index (χ2v) is 5.18. The van der Waals surface area contributed by atoms with Crippen LogP contribution in [0.5, 0.6) is 0 Å². The summed E-state index contributed by atoms with van der Waals surface area (Å²) >= 11 is 1.26. The van der Waals surface area contributed by atoms with E-state index < -0.39 is 10.7 Å². The maximum absolute atomic E-state index is 10.9. The molecule has 0 spiro atoms. The van der Waals surface area contributed by atoms with Gasteiger partial charge in [-0.15, -0.1) is 0 Å². The molecule has 76 valence electrons. The molecule has 0 saturated heterocycles. The Hall–Kier alpha value is -1.03. The van der Waals surface area contributed by atoms with Gasteiger partial charge < -0.3 is 5.11 Å². The summed E-state index contributed by atoms with van der Waals surface area (Å²) in [4.78, 5) is 15.1. The first kappa shape index (κ1) is 11.0. The molecule has 0 unspecified atom stereocenters. The zero-order valence-electron chi connectivity index (χ0n) is 8.44. The maximum atomic E-state index is 10.9. The Morgan fingerprint density at radius 1 is 1.50 bits per heavy atom. The summed E-state index contributed by atoms with van der Waals surface area (Å²) in [5, 5.41) is 9.67. The number of aliphatic carboxylic acids is 1. The summed E-state index contributed by atoms with van der Waals surface area (Å²) in [6.45, 7) is 5.23. The highest BCUT2D eigenvalue weighted by molar-refractivity contribution is 8.01. The van der Waals surface area contributed by atoms with E-state index in [2.05, 4.69) is 4.98 Å². The molecular formula is C10H13NO2S. The van der Waals surface area contributed by atoms with Crippen LogP contribution in [0, 0.1) is 6.92 Å². The van der Waals surface area contributed by atoms with Gasteiger partial charge in [0.1, 0.15) is 4.75 Å². The molecule has 0 aliphatic carbocycles. The normalized spacial score (nSPS) is 11.4. The number of carbonyl (C=O) groups is 1. The van der Waals surface area contributed by atoms with Crippen molar-refractivity contribution in [2.45, 2.75) is 30.5 Å². The minimum absolute atomic E-state index is 0.748. The molecule has 0 aliphatic rings. The highest BCUT2D eigenvalue weighted by Gasteiger charge is 2.28. The van der Waals surface area contributed by atoms with Gasteiger partial charge in [0, 0.05) is 5.69 Å². The molecule has 1 heterocycles. The minimum Gasteiger partial charge on any atom is -0.480 e. The van der Waals surface area contributed by atoms with Crippen LogP contribution in [0.1, 0.15) is 19.5 Å². The van der Waals surface area contributed by atoms with E-state index in [1.807, 2.05) is 25.1 Å². The first-order chi connectivity index (χ1) is 6.42. The number of pyridine rings is 1. The van der Waals surface area contributed by atoms with Crippen LogP contribution in [-0.2, 0) is 4.79 Å². The van der Waals surface area contributed by atoms with Gasteiger partial charge in [-0.1, -0.05) is 17.8 Å². The highest BCUT2D eigenvalue weighted by atomic mass is 32.2. The molecule has 0 aromatic carbocycles. The molecule has 14 heavy (non-hydrogen) atoms. The third-order valence-electron chi connectivity index (χ3n) is 1.74. The van der Waals surface area contributed by atoms with E-state index in [0.717, 1.165) is 10.7 Å². The lowest BCUT2D eigenvalue weighted by molar-refractivity contribution is -0.138. The van der Waals surface area contributed by atoms with Crippen molar-refractivity contribution in [1.29, 1.82) is 0 Å². The average Bonchev–Trinajstić information content (AvgIpc) is 2.02. The highest BCUT2D eigenvalue weighted by Crippen LogP contribution is 2.31. The van der Waals surface area contributed by atoms with Crippen LogP contribution >= 0.6 is 11.8 Å². The Labute approximate surface area is 87.6 Å². The van der Waals surface area contributed by atoms with Gasteiger partial charge in [0.25, 0.3) is 0 Å². The molecule has 1 aromatic rings. The smallest absolute Gasteiger partial charge is 0.319 e. The van der Waals surface area contributed by atoms with Crippen LogP contribution in [0.4, 0.5) is 0 Å². The number of carboxylic acid groups (broad SMARTS) is 1. The third-order valence-corrected chi connectivity index (χ3v) is 2.86. The number of thioether (sulfide) groups is 1. The van der Waals surface area contributed by atoms with Crippen LogP contribution in [0.3, 0.4) is 0 Å². The number of aryl methyl sites for hydroxylation is 1. The lowest BCUT2D eigenvalue weighted by Crippen LogP contribution is -2.27. The lowest BCUT2D eigenvalue weighted by atomic mass is 10.2. The summed E-state index contributed by atoms with van der Waals surface area (Å²) in [6, 6.07) is 5.59. The van der Waals surface area contributed by atoms with Gasteiger partial charge in [-0.25, -0.2) is 4.98 Å². The van der Waals surface area contributed by atoms with E-state index in [1.54, 1.807) is 13.8 Å². The van der Waals surface area contributed by atoms with Crippen LogP contribution in [0.25, 0.3) is 0 Å². The van der Waals surface area contributed by atoms with Gasteiger partial charge in [0.2, 0.25) is 0 Å². The average molecular weight is 211 g/mol. The lowest BCUT2D eigenvalue weighted by Gasteiger charge is -2.17. The predicted molar refractivity (Wildman–Crippen MR) is 56.5 cm³/mol. The first-order valence-corrected chi connectivity index (χ1v) is 5.09.